The third kappa shape index (κ3) is 3.79. The number of aromatic hydroxyl groups is 1. The van der Waals surface area contributed by atoms with Crippen LogP contribution >= 0.6 is 0 Å². The summed E-state index contributed by atoms with van der Waals surface area (Å²) in [4.78, 5) is 21.6. The number of benzene rings is 2. The highest BCUT2D eigenvalue weighted by Crippen LogP contribution is 2.25. The molecule has 0 aliphatic carbocycles. The van der Waals surface area contributed by atoms with Crippen LogP contribution in [0.3, 0.4) is 0 Å². The molecular weight excluding hydrogens is 288 g/mol. The summed E-state index contributed by atoms with van der Waals surface area (Å²) in [6, 6.07) is 9.62. The number of rotatable bonds is 4. The van der Waals surface area contributed by atoms with Gasteiger partial charge in [-0.05, 0) is 42.5 Å². The minimum Gasteiger partial charge on any atom is -0.507 e. The second kappa shape index (κ2) is 6.35. The average Bonchev–Trinajstić information content (AvgIpc) is 2.47. The molecule has 2 amide bonds. The maximum absolute atomic E-state index is 10.9. The topological polar surface area (TPSA) is 137 Å². The highest BCUT2D eigenvalue weighted by Gasteiger charge is 2.09. The number of urea groups is 1. The van der Waals surface area contributed by atoms with Crippen LogP contribution in [-0.2, 0) is 0 Å². The number of hydrogen-bond acceptors (Lipinski definition) is 5. The minimum atomic E-state index is -1.25. The summed E-state index contributed by atoms with van der Waals surface area (Å²) >= 11 is 0. The highest BCUT2D eigenvalue weighted by atomic mass is 16.4. The van der Waals surface area contributed by atoms with E-state index in [0.717, 1.165) is 0 Å². The van der Waals surface area contributed by atoms with Gasteiger partial charge in [0.25, 0.3) is 0 Å². The molecule has 0 fully saturated rings. The first-order valence-electron chi connectivity index (χ1n) is 6.10. The van der Waals surface area contributed by atoms with Gasteiger partial charge in [-0.15, -0.1) is 0 Å². The van der Waals surface area contributed by atoms with Crippen LogP contribution in [0.25, 0.3) is 0 Å². The number of nitrogens with zero attached hydrogens (tertiary/aromatic N) is 2. The second-order valence-electron chi connectivity index (χ2n) is 4.24. The van der Waals surface area contributed by atoms with Crippen molar-refractivity contribution in [2.24, 2.45) is 16.0 Å². The molecule has 0 saturated carbocycles. The summed E-state index contributed by atoms with van der Waals surface area (Å²) in [5.74, 6) is -1.59. The summed E-state index contributed by atoms with van der Waals surface area (Å²) in [6.45, 7) is 0. The van der Waals surface area contributed by atoms with E-state index in [0.29, 0.717) is 11.4 Å². The number of azo groups is 1. The summed E-state index contributed by atoms with van der Waals surface area (Å²) < 4.78 is 0. The van der Waals surface area contributed by atoms with Gasteiger partial charge in [0.15, 0.2) is 0 Å². The average molecular weight is 300 g/mol. The van der Waals surface area contributed by atoms with Crippen LogP contribution in [0.1, 0.15) is 10.4 Å². The van der Waals surface area contributed by atoms with E-state index in [1.165, 1.54) is 18.2 Å². The first kappa shape index (κ1) is 15.0. The Morgan fingerprint density at radius 2 is 1.59 bits per heavy atom. The highest BCUT2D eigenvalue weighted by molar-refractivity contribution is 5.91. The molecule has 0 aliphatic heterocycles. The number of nitrogens with one attached hydrogen (secondary N) is 1. The molecule has 0 heterocycles. The third-order valence-electron chi connectivity index (χ3n) is 2.63. The normalized spacial score (nSPS) is 10.5. The third-order valence-corrected chi connectivity index (χ3v) is 2.63. The van der Waals surface area contributed by atoms with Crippen LogP contribution in [0.15, 0.2) is 52.7 Å². The van der Waals surface area contributed by atoms with Gasteiger partial charge in [-0.25, -0.2) is 9.59 Å². The Bertz CT molecular complexity index is 741. The van der Waals surface area contributed by atoms with E-state index >= 15 is 0 Å². The Morgan fingerprint density at radius 1 is 1.00 bits per heavy atom. The van der Waals surface area contributed by atoms with Crippen molar-refractivity contribution in [1.82, 2.24) is 0 Å². The molecule has 0 radical (unpaired) electrons. The van der Waals surface area contributed by atoms with E-state index in [9.17, 15) is 14.7 Å². The van der Waals surface area contributed by atoms with E-state index in [4.69, 9.17) is 10.8 Å². The molecule has 8 nitrogen and oxygen atoms in total. The number of carboxylic acids is 1. The largest absolute Gasteiger partial charge is 0.507 e. The van der Waals surface area contributed by atoms with Gasteiger partial charge in [-0.3, -0.25) is 0 Å². The van der Waals surface area contributed by atoms with Crippen LogP contribution in [0, 0.1) is 0 Å². The molecule has 0 atom stereocenters. The maximum atomic E-state index is 10.9. The maximum Gasteiger partial charge on any atom is 0.339 e. The van der Waals surface area contributed by atoms with Crippen LogP contribution in [0.5, 0.6) is 5.75 Å². The Kier molecular flexibility index (Phi) is 4.33. The Labute approximate surface area is 124 Å². The Balaban J connectivity index is 2.16. The quantitative estimate of drug-likeness (QED) is 0.645. The lowest BCUT2D eigenvalue weighted by molar-refractivity contribution is 0.0693. The van der Waals surface area contributed by atoms with Crippen LogP contribution in [0.4, 0.5) is 21.9 Å². The fourth-order valence-corrected chi connectivity index (χ4v) is 1.63. The molecule has 0 aliphatic rings. The smallest absolute Gasteiger partial charge is 0.339 e. The zero-order valence-corrected chi connectivity index (χ0v) is 11.2. The van der Waals surface area contributed by atoms with E-state index in [-0.39, 0.29) is 17.0 Å². The molecule has 22 heavy (non-hydrogen) atoms. The SMILES string of the molecule is NC(=O)Nc1ccc(N=Nc2ccc(O)c(C(=O)O)c2)cc1. The second-order valence-corrected chi connectivity index (χ2v) is 4.24. The number of hydrogen-bond donors (Lipinski definition) is 4. The predicted molar refractivity (Wildman–Crippen MR) is 78.9 cm³/mol. The zero-order valence-electron chi connectivity index (χ0n) is 11.2. The number of nitrogens with two attached hydrogens (primary N) is 1. The Hall–Kier alpha value is -3.42. The van der Waals surface area contributed by atoms with E-state index in [1.807, 2.05) is 0 Å². The van der Waals surface area contributed by atoms with Gasteiger partial charge in [-0.1, -0.05) is 0 Å². The standard InChI is InChI=1S/C14H12N4O4/c15-14(22)16-8-1-3-9(4-2-8)17-18-10-5-6-12(19)11(7-10)13(20)21/h1-7,19H,(H,20,21)(H3,15,16,22). The van der Waals surface area contributed by atoms with Crippen molar-refractivity contribution in [1.29, 1.82) is 0 Å². The molecule has 8 heteroatoms. The van der Waals surface area contributed by atoms with Gasteiger partial charge in [0.05, 0.1) is 11.4 Å². The predicted octanol–water partition coefficient (Wildman–Crippen LogP) is 3.00. The first-order chi connectivity index (χ1) is 10.5. The zero-order chi connectivity index (χ0) is 16.1. The monoisotopic (exact) mass is 300 g/mol. The van der Waals surface area contributed by atoms with Gasteiger partial charge in [0, 0.05) is 5.69 Å². The van der Waals surface area contributed by atoms with E-state index < -0.39 is 12.0 Å². The summed E-state index contributed by atoms with van der Waals surface area (Å²) in [7, 11) is 0. The molecule has 0 aromatic heterocycles. The lowest BCUT2D eigenvalue weighted by Gasteiger charge is -2.01. The molecule has 2 aromatic rings. The number of carbonyl (C=O) groups is 2. The van der Waals surface area contributed by atoms with Crippen molar-refractivity contribution in [3.8, 4) is 5.75 Å². The summed E-state index contributed by atoms with van der Waals surface area (Å²) in [5.41, 5.74) is 6.04. The molecule has 5 N–H and O–H groups in total. The van der Waals surface area contributed by atoms with Crippen molar-refractivity contribution in [2.45, 2.75) is 0 Å². The van der Waals surface area contributed by atoms with Gasteiger partial charge in [0.2, 0.25) is 0 Å². The molecule has 112 valence electrons. The molecule has 0 spiro atoms. The van der Waals surface area contributed by atoms with E-state index in [1.54, 1.807) is 24.3 Å². The molecule has 0 bridgehead atoms. The number of anilines is 1. The number of phenols is 1. The van der Waals surface area contributed by atoms with Gasteiger partial charge >= 0.3 is 12.0 Å². The molecular formula is C14H12N4O4. The fraction of sp³-hybridized carbons (Fsp3) is 0. The number of amides is 2. The van der Waals surface area contributed by atoms with Crippen molar-refractivity contribution >= 4 is 29.1 Å². The molecule has 0 unspecified atom stereocenters. The number of primary amides is 1. The number of carboxylic acid groups (broad SMARTS) is 1. The summed E-state index contributed by atoms with van der Waals surface area (Å²) in [5, 5.41) is 28.5. The summed E-state index contributed by atoms with van der Waals surface area (Å²) in [6.07, 6.45) is 0. The van der Waals surface area contributed by atoms with Gasteiger partial charge < -0.3 is 21.3 Å². The van der Waals surface area contributed by atoms with Crippen molar-refractivity contribution in [3.05, 3.63) is 48.0 Å². The molecule has 2 aromatic carbocycles. The van der Waals surface area contributed by atoms with Crippen molar-refractivity contribution in [2.75, 3.05) is 5.32 Å². The molecule has 0 saturated heterocycles. The van der Waals surface area contributed by atoms with Crippen LogP contribution in [0.2, 0.25) is 0 Å². The fourth-order valence-electron chi connectivity index (χ4n) is 1.63. The van der Waals surface area contributed by atoms with Crippen molar-refractivity contribution in [3.63, 3.8) is 0 Å². The van der Waals surface area contributed by atoms with Gasteiger partial charge in [-0.2, -0.15) is 10.2 Å². The molecule has 2 rings (SSSR count). The van der Waals surface area contributed by atoms with Gasteiger partial charge in [0.1, 0.15) is 11.3 Å². The lowest BCUT2D eigenvalue weighted by atomic mass is 10.2. The minimum absolute atomic E-state index is 0.252. The van der Waals surface area contributed by atoms with Crippen molar-refractivity contribution < 1.29 is 19.8 Å². The van der Waals surface area contributed by atoms with Crippen LogP contribution < -0.4 is 11.1 Å². The Morgan fingerprint density at radius 3 is 2.18 bits per heavy atom. The van der Waals surface area contributed by atoms with E-state index in [2.05, 4.69) is 15.5 Å². The number of carbonyl (C=O) groups excluding carboxylic acids is 1. The first-order valence-corrected chi connectivity index (χ1v) is 6.10. The number of aromatic carboxylic acids is 1. The van der Waals surface area contributed by atoms with Crippen LogP contribution in [-0.4, -0.2) is 22.2 Å². The lowest BCUT2D eigenvalue weighted by Crippen LogP contribution is -2.18.